The number of likely N-dealkylation sites (tertiary alicyclic amines) is 1. The van der Waals surface area contributed by atoms with Gasteiger partial charge >= 0.3 is 0 Å². The average molecular weight is 346 g/mol. The Bertz CT molecular complexity index is 571. The highest BCUT2D eigenvalue weighted by molar-refractivity contribution is 5.95. The van der Waals surface area contributed by atoms with Crippen molar-refractivity contribution in [2.45, 2.75) is 38.1 Å². The van der Waals surface area contributed by atoms with Crippen molar-refractivity contribution in [3.8, 4) is 0 Å². The molecule has 0 radical (unpaired) electrons. The van der Waals surface area contributed by atoms with Crippen LogP contribution in [0.3, 0.4) is 0 Å². The monoisotopic (exact) mass is 346 g/mol. The quantitative estimate of drug-likeness (QED) is 0.825. The van der Waals surface area contributed by atoms with Crippen LogP contribution in [0.25, 0.3) is 0 Å². The third kappa shape index (κ3) is 6.48. The van der Waals surface area contributed by atoms with Gasteiger partial charge in [0, 0.05) is 36.8 Å². The second-order valence-electron chi connectivity index (χ2n) is 7.04. The van der Waals surface area contributed by atoms with Gasteiger partial charge in [0.1, 0.15) is 0 Å². The predicted octanol–water partition coefficient (Wildman–Crippen LogP) is 1.92. The van der Waals surface area contributed by atoms with E-state index in [1.165, 1.54) is 0 Å². The minimum absolute atomic E-state index is 0.000539. The molecule has 138 valence electrons. The van der Waals surface area contributed by atoms with Crippen molar-refractivity contribution in [1.82, 2.24) is 9.80 Å². The molecule has 0 bridgehead atoms. The van der Waals surface area contributed by atoms with Gasteiger partial charge in [0.2, 0.25) is 5.91 Å². The van der Waals surface area contributed by atoms with Gasteiger partial charge in [-0.25, -0.2) is 0 Å². The van der Waals surface area contributed by atoms with Crippen LogP contribution in [0.5, 0.6) is 0 Å². The summed E-state index contributed by atoms with van der Waals surface area (Å²) < 4.78 is 0. The molecule has 1 aromatic rings. The van der Waals surface area contributed by atoms with Gasteiger partial charge in [-0.15, -0.1) is 0 Å². The van der Waals surface area contributed by atoms with E-state index in [4.69, 9.17) is 5.73 Å². The number of amides is 2. The van der Waals surface area contributed by atoms with Gasteiger partial charge in [-0.3, -0.25) is 9.59 Å². The van der Waals surface area contributed by atoms with Crippen molar-refractivity contribution in [1.29, 1.82) is 0 Å². The Kier molecular flexibility index (Phi) is 7.40. The van der Waals surface area contributed by atoms with Gasteiger partial charge in [0.05, 0.1) is 0 Å². The number of carbonyl (C=O) groups is 2. The number of nitrogens with two attached hydrogens (primary N) is 1. The number of nitrogens with one attached hydrogen (secondary N) is 1. The molecular weight excluding hydrogens is 316 g/mol. The van der Waals surface area contributed by atoms with E-state index >= 15 is 0 Å². The third-order valence-corrected chi connectivity index (χ3v) is 4.42. The predicted molar refractivity (Wildman–Crippen MR) is 101 cm³/mol. The summed E-state index contributed by atoms with van der Waals surface area (Å²) in [5, 5.41) is 2.88. The van der Waals surface area contributed by atoms with Crippen LogP contribution in [0.1, 0.15) is 42.5 Å². The van der Waals surface area contributed by atoms with E-state index in [0.29, 0.717) is 18.5 Å². The van der Waals surface area contributed by atoms with Gasteiger partial charge < -0.3 is 20.9 Å². The lowest BCUT2D eigenvalue weighted by atomic mass is 10.1. The highest BCUT2D eigenvalue weighted by atomic mass is 16.2. The van der Waals surface area contributed by atoms with Crippen LogP contribution in [0, 0.1) is 0 Å². The van der Waals surface area contributed by atoms with Gasteiger partial charge in [-0.05, 0) is 64.2 Å². The van der Waals surface area contributed by atoms with Crippen molar-refractivity contribution in [3.63, 3.8) is 0 Å². The summed E-state index contributed by atoms with van der Waals surface area (Å²) in [7, 11) is 3.98. The first-order valence-electron chi connectivity index (χ1n) is 9.05. The molecule has 2 amide bonds. The summed E-state index contributed by atoms with van der Waals surface area (Å²) in [4.78, 5) is 28.4. The molecule has 6 nitrogen and oxygen atoms in total. The zero-order chi connectivity index (χ0) is 18.2. The number of carbonyl (C=O) groups excluding carboxylic acids is 2. The molecule has 0 aromatic heterocycles. The van der Waals surface area contributed by atoms with Crippen LogP contribution in [0.15, 0.2) is 24.3 Å². The van der Waals surface area contributed by atoms with E-state index in [1.807, 2.05) is 19.0 Å². The van der Waals surface area contributed by atoms with Crippen molar-refractivity contribution in [2.24, 2.45) is 5.73 Å². The summed E-state index contributed by atoms with van der Waals surface area (Å²) in [5.41, 5.74) is 7.39. The number of benzene rings is 1. The molecule has 1 fully saturated rings. The van der Waals surface area contributed by atoms with Crippen LogP contribution < -0.4 is 11.1 Å². The molecule has 3 N–H and O–H groups in total. The molecule has 1 saturated heterocycles. The Hall–Kier alpha value is -1.92. The molecule has 25 heavy (non-hydrogen) atoms. The summed E-state index contributed by atoms with van der Waals surface area (Å²) in [6.07, 6.45) is 4.36. The topological polar surface area (TPSA) is 78.7 Å². The fourth-order valence-corrected chi connectivity index (χ4v) is 3.02. The molecule has 0 aliphatic carbocycles. The van der Waals surface area contributed by atoms with Crippen LogP contribution in [0.4, 0.5) is 5.69 Å². The first kappa shape index (κ1) is 19.4. The largest absolute Gasteiger partial charge is 0.337 e. The molecule has 1 atom stereocenters. The van der Waals surface area contributed by atoms with E-state index in [0.717, 1.165) is 44.5 Å². The molecule has 2 rings (SSSR count). The maximum absolute atomic E-state index is 12.6. The zero-order valence-electron chi connectivity index (χ0n) is 15.3. The fourth-order valence-electron chi connectivity index (χ4n) is 3.02. The molecule has 6 heteroatoms. The molecule has 0 saturated carbocycles. The van der Waals surface area contributed by atoms with Gasteiger partial charge in [-0.2, -0.15) is 0 Å². The van der Waals surface area contributed by atoms with Crippen LogP contribution in [-0.2, 0) is 4.79 Å². The molecule has 1 aliphatic heterocycles. The van der Waals surface area contributed by atoms with Crippen molar-refractivity contribution >= 4 is 17.5 Å². The lowest BCUT2D eigenvalue weighted by molar-refractivity contribution is -0.116. The van der Waals surface area contributed by atoms with Gasteiger partial charge in [-0.1, -0.05) is 6.42 Å². The molecule has 0 spiro atoms. The first-order valence-corrected chi connectivity index (χ1v) is 9.05. The number of anilines is 1. The number of rotatable bonds is 6. The summed E-state index contributed by atoms with van der Waals surface area (Å²) >= 11 is 0. The Morgan fingerprint density at radius 1 is 1.24 bits per heavy atom. The standard InChI is InChI=1S/C19H30N4O2/c1-22(2)12-5-7-18(24)21-17-10-8-15(9-11-17)19(25)23-13-4-3-6-16(20)14-23/h8-11,16H,3-7,12-14,20H2,1-2H3,(H,21,24)/t16-/m0/s1. The summed E-state index contributed by atoms with van der Waals surface area (Å²) in [5.74, 6) is 0.0145. The lowest BCUT2D eigenvalue weighted by Crippen LogP contribution is -2.39. The average Bonchev–Trinajstić information content (AvgIpc) is 2.79. The van der Waals surface area contributed by atoms with Crippen LogP contribution >= 0.6 is 0 Å². The van der Waals surface area contributed by atoms with E-state index in [9.17, 15) is 9.59 Å². The highest BCUT2D eigenvalue weighted by Crippen LogP contribution is 2.15. The third-order valence-electron chi connectivity index (χ3n) is 4.42. The lowest BCUT2D eigenvalue weighted by Gasteiger charge is -2.22. The summed E-state index contributed by atoms with van der Waals surface area (Å²) in [6, 6.07) is 7.18. The molecular formula is C19H30N4O2. The normalized spacial score (nSPS) is 18.1. The highest BCUT2D eigenvalue weighted by Gasteiger charge is 2.20. The summed E-state index contributed by atoms with van der Waals surface area (Å²) in [6.45, 7) is 2.26. The molecule has 1 aliphatic rings. The van der Waals surface area contributed by atoms with Crippen LogP contribution in [-0.4, -0.2) is 61.4 Å². The second kappa shape index (κ2) is 9.53. The van der Waals surface area contributed by atoms with Gasteiger partial charge in [0.15, 0.2) is 0 Å². The maximum Gasteiger partial charge on any atom is 0.253 e. The van der Waals surface area contributed by atoms with Crippen LogP contribution in [0.2, 0.25) is 0 Å². The molecule has 0 unspecified atom stereocenters. The Morgan fingerprint density at radius 2 is 1.96 bits per heavy atom. The van der Waals surface area contributed by atoms with Crippen molar-refractivity contribution in [3.05, 3.63) is 29.8 Å². The SMILES string of the molecule is CN(C)CCCC(=O)Nc1ccc(C(=O)N2CCCC[C@H](N)C2)cc1. The van der Waals surface area contributed by atoms with E-state index < -0.39 is 0 Å². The van der Waals surface area contributed by atoms with Gasteiger partial charge in [0.25, 0.3) is 5.91 Å². The van der Waals surface area contributed by atoms with Crippen molar-refractivity contribution in [2.75, 3.05) is 39.0 Å². The van der Waals surface area contributed by atoms with Crippen molar-refractivity contribution < 1.29 is 9.59 Å². The maximum atomic E-state index is 12.6. The smallest absolute Gasteiger partial charge is 0.253 e. The zero-order valence-corrected chi connectivity index (χ0v) is 15.3. The number of hydrogen-bond donors (Lipinski definition) is 2. The minimum atomic E-state index is -0.000539. The Labute approximate surface area is 150 Å². The first-order chi connectivity index (χ1) is 12.0. The number of nitrogens with zero attached hydrogens (tertiary/aromatic N) is 2. The van der Waals surface area contributed by atoms with E-state index in [2.05, 4.69) is 10.2 Å². The van der Waals surface area contributed by atoms with E-state index in [-0.39, 0.29) is 17.9 Å². The minimum Gasteiger partial charge on any atom is -0.337 e. The molecule has 1 heterocycles. The Balaban J connectivity index is 1.88. The Morgan fingerprint density at radius 3 is 2.64 bits per heavy atom. The second-order valence-corrected chi connectivity index (χ2v) is 7.04. The fraction of sp³-hybridized carbons (Fsp3) is 0.579. The number of hydrogen-bond acceptors (Lipinski definition) is 4. The van der Waals surface area contributed by atoms with E-state index in [1.54, 1.807) is 24.3 Å². The molecule has 1 aromatic carbocycles.